The van der Waals surface area contributed by atoms with Gasteiger partial charge in [0.05, 0.1) is 40.9 Å². The Bertz CT molecular complexity index is 2030. The van der Waals surface area contributed by atoms with Crippen molar-refractivity contribution >= 4 is 51.5 Å². The van der Waals surface area contributed by atoms with E-state index in [1.165, 1.54) is 16.3 Å². The Kier molecular flexibility index (Phi) is 8.01. The molecule has 0 bridgehead atoms. The smallest absolute Gasteiger partial charge is 0.338 e. The molecule has 3 aromatic carbocycles. The van der Waals surface area contributed by atoms with Gasteiger partial charge in [0.1, 0.15) is 17.7 Å². The van der Waals surface area contributed by atoms with E-state index in [1.54, 1.807) is 31.6 Å². The van der Waals surface area contributed by atoms with Gasteiger partial charge < -0.3 is 9.47 Å². The van der Waals surface area contributed by atoms with Crippen LogP contribution in [-0.2, 0) is 14.3 Å². The van der Waals surface area contributed by atoms with Crippen LogP contribution in [0, 0.1) is 5.92 Å². The maximum atomic E-state index is 14.4. The number of fused-ring (bicyclic) bond motifs is 2. The number of hydrogen-bond acceptors (Lipinski definition) is 8. The zero-order valence-corrected chi connectivity index (χ0v) is 25.8. The van der Waals surface area contributed by atoms with Gasteiger partial charge in [-0.2, -0.15) is 10.1 Å². The number of carbonyl (C=O) groups excluding carboxylic acids is 2. The summed E-state index contributed by atoms with van der Waals surface area (Å²) in [5.41, 5.74) is 2.44. The average molecular weight is 609 g/mol. The summed E-state index contributed by atoms with van der Waals surface area (Å²) < 4.78 is 13.3. The molecule has 6 rings (SSSR count). The molecule has 0 radical (unpaired) electrons. The molecule has 9 nitrogen and oxygen atoms in total. The number of aromatic nitrogens is 1. The van der Waals surface area contributed by atoms with Gasteiger partial charge in [0.2, 0.25) is 0 Å². The van der Waals surface area contributed by atoms with E-state index in [4.69, 9.17) is 14.5 Å². The molecule has 0 saturated carbocycles. The monoisotopic (exact) mass is 608 g/mol. The van der Waals surface area contributed by atoms with Gasteiger partial charge in [0.25, 0.3) is 11.5 Å². The zero-order valence-electron chi connectivity index (χ0n) is 24.9. The highest BCUT2D eigenvalue weighted by atomic mass is 32.1. The van der Waals surface area contributed by atoms with Gasteiger partial charge in [0.15, 0.2) is 4.80 Å². The number of amides is 1. The minimum atomic E-state index is -0.857. The zero-order chi connectivity index (χ0) is 31.0. The first-order valence-corrected chi connectivity index (χ1v) is 15.4. The fraction of sp³-hybridized carbons (Fsp3) is 0.265. The molecule has 3 heterocycles. The number of hydrazone groups is 1. The number of carbonyl (C=O) groups is 2. The molecule has 0 fully saturated rings. The lowest BCUT2D eigenvalue weighted by Crippen LogP contribution is -2.40. The molecule has 0 aliphatic carbocycles. The summed E-state index contributed by atoms with van der Waals surface area (Å²) in [5.74, 6) is -0.955. The third-order valence-corrected chi connectivity index (χ3v) is 8.82. The summed E-state index contributed by atoms with van der Waals surface area (Å²) in [6.07, 6.45) is 2.91. The molecule has 2 aliphatic heterocycles. The van der Waals surface area contributed by atoms with Crippen molar-refractivity contribution in [3.05, 3.63) is 103 Å². The van der Waals surface area contributed by atoms with Gasteiger partial charge in [-0.25, -0.2) is 9.79 Å². The van der Waals surface area contributed by atoms with Crippen molar-refractivity contribution in [1.29, 1.82) is 0 Å². The maximum Gasteiger partial charge on any atom is 0.338 e. The fourth-order valence-corrected chi connectivity index (χ4v) is 6.85. The van der Waals surface area contributed by atoms with Gasteiger partial charge >= 0.3 is 5.97 Å². The molecule has 2 atom stereocenters. The SMILES string of the molecule is CCCC1=C(C(=O)OCC)[C@H](c2c(OC)ccc3ccccc23)n2c(s/c(=C/[C@H]3C(=O)N(c4ccccc4)N=C3C)c2=O)=N1. The summed E-state index contributed by atoms with van der Waals surface area (Å²) in [7, 11) is 1.57. The standard InChI is InChI=1S/C34H32N4O5S/c1-5-12-25-29(33(41)43-6-2)30(28-23-16-11-10-13-21(23)17-18-26(28)42-4)37-32(40)27(44-34(37)35-25)19-24-20(3)36-38(31(24)39)22-14-8-7-9-15-22/h7-11,13-19,24,30H,5-6,12H2,1-4H3/b27-19+/t24-,30+/m1/s1. The van der Waals surface area contributed by atoms with Gasteiger partial charge in [-0.05, 0) is 55.3 Å². The molecule has 0 N–H and O–H groups in total. The summed E-state index contributed by atoms with van der Waals surface area (Å²) in [4.78, 5) is 46.9. The van der Waals surface area contributed by atoms with E-state index >= 15 is 0 Å². The third kappa shape index (κ3) is 4.94. The van der Waals surface area contributed by atoms with Gasteiger partial charge in [-0.1, -0.05) is 73.2 Å². The highest BCUT2D eigenvalue weighted by Gasteiger charge is 2.38. The normalized spacial score (nSPS) is 18.4. The molecule has 2 aliphatic rings. The highest BCUT2D eigenvalue weighted by Crippen LogP contribution is 2.41. The lowest BCUT2D eigenvalue weighted by molar-refractivity contribution is -0.139. The second-order valence-electron chi connectivity index (χ2n) is 10.5. The van der Waals surface area contributed by atoms with Gasteiger partial charge in [-0.15, -0.1) is 0 Å². The van der Waals surface area contributed by atoms with E-state index in [0.29, 0.717) is 49.7 Å². The van der Waals surface area contributed by atoms with Crippen LogP contribution in [0.4, 0.5) is 5.69 Å². The van der Waals surface area contributed by atoms with E-state index in [0.717, 1.165) is 17.2 Å². The Morgan fingerprint density at radius 1 is 1.02 bits per heavy atom. The topological polar surface area (TPSA) is 103 Å². The number of thiazole rings is 1. The number of benzene rings is 3. The van der Waals surface area contributed by atoms with Crippen LogP contribution in [0.1, 0.15) is 45.2 Å². The number of para-hydroxylation sites is 1. The van der Waals surface area contributed by atoms with Crippen LogP contribution >= 0.6 is 11.3 Å². The van der Waals surface area contributed by atoms with Crippen LogP contribution in [0.15, 0.2) is 92.9 Å². The predicted octanol–water partition coefficient (Wildman–Crippen LogP) is 4.73. The van der Waals surface area contributed by atoms with Crippen LogP contribution in [0.5, 0.6) is 5.75 Å². The van der Waals surface area contributed by atoms with E-state index in [-0.39, 0.29) is 18.1 Å². The molecule has 0 saturated heterocycles. The predicted molar refractivity (Wildman–Crippen MR) is 172 cm³/mol. The second-order valence-corrected chi connectivity index (χ2v) is 11.6. The molecule has 1 aromatic heterocycles. The Hall–Kier alpha value is -4.83. The largest absolute Gasteiger partial charge is 0.496 e. The number of methoxy groups -OCH3 is 1. The summed E-state index contributed by atoms with van der Waals surface area (Å²) in [6, 6.07) is 19.9. The fourth-order valence-electron chi connectivity index (χ4n) is 5.82. The van der Waals surface area contributed by atoms with Crippen molar-refractivity contribution in [2.24, 2.45) is 16.0 Å². The first kappa shape index (κ1) is 29.3. The first-order chi connectivity index (χ1) is 21.4. The lowest BCUT2D eigenvalue weighted by atomic mass is 9.90. The average Bonchev–Trinajstić information content (AvgIpc) is 3.50. The lowest BCUT2D eigenvalue weighted by Gasteiger charge is -2.28. The van der Waals surface area contributed by atoms with Crippen LogP contribution in [0.3, 0.4) is 0 Å². The molecule has 1 amide bonds. The third-order valence-electron chi connectivity index (χ3n) is 7.82. The van der Waals surface area contributed by atoms with Crippen LogP contribution in [-0.4, -0.2) is 35.9 Å². The second kappa shape index (κ2) is 12.0. The minimum absolute atomic E-state index is 0.172. The molecule has 44 heavy (non-hydrogen) atoms. The summed E-state index contributed by atoms with van der Waals surface area (Å²) in [5, 5.41) is 7.65. The number of nitrogens with zero attached hydrogens (tertiary/aromatic N) is 4. The quantitative estimate of drug-likeness (QED) is 0.269. The number of rotatable bonds is 8. The van der Waals surface area contributed by atoms with Crippen LogP contribution in [0.25, 0.3) is 16.8 Å². The first-order valence-electron chi connectivity index (χ1n) is 14.6. The molecule has 0 unspecified atom stereocenters. The Labute approximate surface area is 258 Å². The number of allylic oxidation sites excluding steroid dienone is 1. The van der Waals surface area contributed by atoms with E-state index < -0.39 is 17.9 Å². The van der Waals surface area contributed by atoms with Crippen molar-refractivity contribution in [2.75, 3.05) is 18.7 Å². The molecular formula is C34H32N4O5S. The molecule has 224 valence electrons. The summed E-state index contributed by atoms with van der Waals surface area (Å²) >= 11 is 1.20. The Morgan fingerprint density at radius 2 is 1.77 bits per heavy atom. The van der Waals surface area contributed by atoms with Crippen molar-refractivity contribution in [3.63, 3.8) is 0 Å². The molecule has 10 heteroatoms. The van der Waals surface area contributed by atoms with E-state index in [9.17, 15) is 14.4 Å². The molecule has 4 aromatic rings. The van der Waals surface area contributed by atoms with Gasteiger partial charge in [0, 0.05) is 5.56 Å². The van der Waals surface area contributed by atoms with E-state index in [1.807, 2.05) is 73.7 Å². The minimum Gasteiger partial charge on any atom is -0.496 e. The number of hydrogen-bond donors (Lipinski definition) is 0. The molecule has 0 spiro atoms. The Morgan fingerprint density at radius 3 is 2.50 bits per heavy atom. The number of ether oxygens (including phenoxy) is 2. The number of esters is 1. The van der Waals surface area contributed by atoms with Crippen LogP contribution in [0.2, 0.25) is 0 Å². The number of anilines is 1. The Balaban J connectivity index is 1.59. The van der Waals surface area contributed by atoms with Crippen molar-refractivity contribution < 1.29 is 19.1 Å². The molecular weight excluding hydrogens is 576 g/mol. The van der Waals surface area contributed by atoms with Crippen molar-refractivity contribution in [1.82, 2.24) is 4.57 Å². The summed E-state index contributed by atoms with van der Waals surface area (Å²) in [6.45, 7) is 5.72. The van der Waals surface area contributed by atoms with Crippen LogP contribution < -0.4 is 24.6 Å². The van der Waals surface area contributed by atoms with E-state index in [2.05, 4.69) is 5.10 Å². The van der Waals surface area contributed by atoms with Crippen molar-refractivity contribution in [2.45, 2.75) is 39.7 Å². The maximum absolute atomic E-state index is 14.4. The highest BCUT2D eigenvalue weighted by molar-refractivity contribution is 7.07. The van der Waals surface area contributed by atoms with Crippen molar-refractivity contribution in [3.8, 4) is 5.75 Å². The van der Waals surface area contributed by atoms with Gasteiger partial charge in [-0.3, -0.25) is 14.2 Å².